The Labute approximate surface area is 216 Å². The zero-order valence-electron chi connectivity index (χ0n) is 21.1. The molecule has 0 radical (unpaired) electrons. The van der Waals surface area contributed by atoms with Gasteiger partial charge >= 0.3 is 0 Å². The Morgan fingerprint density at radius 3 is 2.46 bits per heavy atom. The fraction of sp³-hybridized carbons (Fsp3) is 0.207. The Balaban J connectivity index is 1.40. The van der Waals surface area contributed by atoms with Gasteiger partial charge < -0.3 is 25.0 Å². The molecule has 1 aliphatic heterocycles. The summed E-state index contributed by atoms with van der Waals surface area (Å²) in [5.41, 5.74) is 4.42. The summed E-state index contributed by atoms with van der Waals surface area (Å²) < 4.78 is 10.8. The van der Waals surface area contributed by atoms with E-state index in [0.717, 1.165) is 28.1 Å². The maximum atomic E-state index is 12.9. The number of hydrogen-bond acceptors (Lipinski definition) is 6. The van der Waals surface area contributed by atoms with Crippen LogP contribution in [-0.2, 0) is 20.9 Å². The van der Waals surface area contributed by atoms with E-state index in [9.17, 15) is 9.59 Å². The summed E-state index contributed by atoms with van der Waals surface area (Å²) in [5, 5.41) is 5.52. The second kappa shape index (κ2) is 12.0. The molecular weight excluding hydrogens is 468 g/mol. The van der Waals surface area contributed by atoms with Gasteiger partial charge in [-0.3, -0.25) is 9.59 Å². The third-order valence-electron chi connectivity index (χ3n) is 5.84. The van der Waals surface area contributed by atoms with Crippen molar-refractivity contribution in [3.05, 3.63) is 108 Å². The van der Waals surface area contributed by atoms with E-state index < -0.39 is 11.9 Å². The molecule has 2 amide bonds. The number of aliphatic imine (C=N–C) groups is 1. The maximum Gasteiger partial charge on any atom is 0.247 e. The summed E-state index contributed by atoms with van der Waals surface area (Å²) in [5.74, 6) is 0.274. The molecule has 37 heavy (non-hydrogen) atoms. The molecule has 8 nitrogen and oxygen atoms in total. The molecular formula is C29H30N4O4. The quantitative estimate of drug-likeness (QED) is 0.470. The minimum atomic E-state index is -0.797. The predicted octanol–water partition coefficient (Wildman–Crippen LogP) is 3.62. The molecule has 0 saturated heterocycles. The van der Waals surface area contributed by atoms with Gasteiger partial charge in [-0.2, -0.15) is 0 Å². The normalized spacial score (nSPS) is 13.4. The highest BCUT2D eigenvalue weighted by Gasteiger charge is 2.21. The fourth-order valence-electron chi connectivity index (χ4n) is 3.98. The van der Waals surface area contributed by atoms with E-state index in [-0.39, 0.29) is 19.1 Å². The molecule has 0 spiro atoms. The van der Waals surface area contributed by atoms with E-state index in [2.05, 4.69) is 10.6 Å². The largest absolute Gasteiger partial charge is 0.496 e. The zero-order chi connectivity index (χ0) is 26.2. The average Bonchev–Trinajstić information content (AvgIpc) is 3.05. The summed E-state index contributed by atoms with van der Waals surface area (Å²) in [4.78, 5) is 32.0. The van der Waals surface area contributed by atoms with Crippen molar-refractivity contribution in [2.75, 3.05) is 25.7 Å². The minimum Gasteiger partial charge on any atom is -0.496 e. The monoisotopic (exact) mass is 498 g/mol. The second-order valence-electron chi connectivity index (χ2n) is 8.55. The smallest absolute Gasteiger partial charge is 0.247 e. The highest BCUT2D eigenvalue weighted by atomic mass is 16.5. The van der Waals surface area contributed by atoms with Crippen molar-refractivity contribution in [2.45, 2.75) is 19.6 Å². The molecule has 0 unspecified atom stereocenters. The van der Waals surface area contributed by atoms with Gasteiger partial charge in [0.05, 0.1) is 19.4 Å². The fourth-order valence-corrected chi connectivity index (χ4v) is 3.98. The molecule has 8 heteroatoms. The van der Waals surface area contributed by atoms with Crippen LogP contribution in [0.15, 0.2) is 95.9 Å². The molecule has 4 rings (SSSR count). The molecule has 1 atom stereocenters. The molecule has 3 aromatic carbocycles. The lowest BCUT2D eigenvalue weighted by Gasteiger charge is -2.17. The van der Waals surface area contributed by atoms with Crippen LogP contribution in [0, 0.1) is 0 Å². The summed E-state index contributed by atoms with van der Waals surface area (Å²) in [6.45, 7) is 1.65. The van der Waals surface area contributed by atoms with Gasteiger partial charge in [0.25, 0.3) is 0 Å². The zero-order valence-corrected chi connectivity index (χ0v) is 21.1. The highest BCUT2D eigenvalue weighted by Crippen LogP contribution is 2.27. The van der Waals surface area contributed by atoms with Gasteiger partial charge in [0.1, 0.15) is 24.2 Å². The first-order valence-electron chi connectivity index (χ1n) is 11.9. The van der Waals surface area contributed by atoms with Crippen LogP contribution in [0.5, 0.6) is 5.75 Å². The highest BCUT2D eigenvalue weighted by molar-refractivity contribution is 6.17. The Morgan fingerprint density at radius 1 is 0.973 bits per heavy atom. The summed E-state index contributed by atoms with van der Waals surface area (Å²) in [7, 11) is 3.48. The molecule has 0 aromatic heterocycles. The number of para-hydroxylation sites is 2. The van der Waals surface area contributed by atoms with Crippen LogP contribution in [0.25, 0.3) is 0 Å². The lowest BCUT2D eigenvalue weighted by Crippen LogP contribution is -2.45. The van der Waals surface area contributed by atoms with Crippen molar-refractivity contribution in [3.63, 3.8) is 0 Å². The average molecular weight is 499 g/mol. The van der Waals surface area contributed by atoms with E-state index >= 15 is 0 Å². The van der Waals surface area contributed by atoms with Crippen molar-refractivity contribution >= 4 is 23.2 Å². The third kappa shape index (κ3) is 6.42. The molecule has 0 bridgehead atoms. The van der Waals surface area contributed by atoms with Gasteiger partial charge in [-0.15, -0.1) is 0 Å². The maximum absolute atomic E-state index is 12.9. The molecule has 2 N–H and O–H groups in total. The molecule has 3 aromatic rings. The Bertz CT molecular complexity index is 1320. The first kappa shape index (κ1) is 25.7. The molecule has 1 aliphatic rings. The number of rotatable bonds is 9. The van der Waals surface area contributed by atoms with Crippen LogP contribution < -0.4 is 20.3 Å². The lowest BCUT2D eigenvalue weighted by molar-refractivity contribution is -0.131. The van der Waals surface area contributed by atoms with Gasteiger partial charge in [0.2, 0.25) is 11.8 Å². The Hall–Kier alpha value is -4.43. The summed E-state index contributed by atoms with van der Waals surface area (Å²) in [6.07, 6.45) is 1.76. The number of anilines is 1. The van der Waals surface area contributed by atoms with E-state index in [0.29, 0.717) is 11.6 Å². The van der Waals surface area contributed by atoms with Crippen LogP contribution in [0.4, 0.5) is 5.69 Å². The number of fused-ring (bicyclic) bond motifs is 1. The number of nitrogens with zero attached hydrogens (tertiary/aromatic N) is 2. The van der Waals surface area contributed by atoms with Gasteiger partial charge in [-0.05, 0) is 19.1 Å². The first-order chi connectivity index (χ1) is 18.0. The predicted molar refractivity (Wildman–Crippen MR) is 143 cm³/mol. The number of methoxy groups -OCH3 is 1. The lowest BCUT2D eigenvalue weighted by atomic mass is 10.0. The SMILES string of the molecule is COc1ccccc1COCC(=O)N[C@@H](C)C(=O)NC1=CN(C)c2ccccc2C(c2ccccc2)=N1. The van der Waals surface area contributed by atoms with Crippen molar-refractivity contribution in [1.29, 1.82) is 0 Å². The number of benzene rings is 3. The number of carbonyl (C=O) groups excluding carboxylic acids is 2. The third-order valence-corrected chi connectivity index (χ3v) is 5.84. The Morgan fingerprint density at radius 2 is 1.68 bits per heavy atom. The van der Waals surface area contributed by atoms with Crippen LogP contribution in [0.1, 0.15) is 23.6 Å². The van der Waals surface area contributed by atoms with Gasteiger partial charge in [-0.25, -0.2) is 4.99 Å². The van der Waals surface area contributed by atoms with Crippen molar-refractivity contribution in [2.24, 2.45) is 4.99 Å². The second-order valence-corrected chi connectivity index (χ2v) is 8.55. The number of hydrogen-bond donors (Lipinski definition) is 2. The molecule has 0 saturated carbocycles. The van der Waals surface area contributed by atoms with Crippen LogP contribution in [-0.4, -0.2) is 44.3 Å². The van der Waals surface area contributed by atoms with Gasteiger partial charge in [0.15, 0.2) is 0 Å². The van der Waals surface area contributed by atoms with Crippen molar-refractivity contribution in [3.8, 4) is 5.75 Å². The molecule has 1 heterocycles. The van der Waals surface area contributed by atoms with Crippen LogP contribution >= 0.6 is 0 Å². The number of nitrogens with one attached hydrogen (secondary N) is 2. The van der Waals surface area contributed by atoms with Gasteiger partial charge in [-0.1, -0.05) is 66.7 Å². The van der Waals surface area contributed by atoms with E-state index in [1.54, 1.807) is 20.2 Å². The summed E-state index contributed by atoms with van der Waals surface area (Å²) in [6, 6.07) is 24.4. The minimum absolute atomic E-state index is 0.188. The first-order valence-corrected chi connectivity index (χ1v) is 11.9. The van der Waals surface area contributed by atoms with E-state index in [4.69, 9.17) is 14.5 Å². The number of carbonyl (C=O) groups is 2. The number of amides is 2. The number of ether oxygens (including phenoxy) is 2. The standard InChI is InChI=1S/C29H30N4O4/c1-20(30-27(34)19-37-18-22-13-7-10-16-25(22)36-3)29(35)32-26-17-33(2)24-15-9-8-14-23(24)28(31-26)21-11-5-4-6-12-21/h4-17,20H,18-19H2,1-3H3,(H,30,34)(H,32,35)/t20-/m0/s1. The van der Waals surface area contributed by atoms with E-state index in [1.165, 1.54) is 0 Å². The van der Waals surface area contributed by atoms with Gasteiger partial charge in [0, 0.05) is 35.6 Å². The van der Waals surface area contributed by atoms with Crippen molar-refractivity contribution < 1.29 is 19.1 Å². The Kier molecular flexibility index (Phi) is 8.33. The summed E-state index contributed by atoms with van der Waals surface area (Å²) >= 11 is 0. The molecule has 0 aliphatic carbocycles. The molecule has 0 fully saturated rings. The van der Waals surface area contributed by atoms with E-state index in [1.807, 2.05) is 90.8 Å². The molecule has 190 valence electrons. The van der Waals surface area contributed by atoms with Crippen LogP contribution in [0.3, 0.4) is 0 Å². The van der Waals surface area contributed by atoms with Crippen LogP contribution in [0.2, 0.25) is 0 Å². The van der Waals surface area contributed by atoms with Crippen molar-refractivity contribution in [1.82, 2.24) is 10.6 Å². The topological polar surface area (TPSA) is 92.3 Å².